The van der Waals surface area contributed by atoms with E-state index in [-0.39, 0.29) is 34.4 Å². The normalized spacial score (nSPS) is 11.9. The molecule has 0 unspecified atom stereocenters. The first kappa shape index (κ1) is 14.3. The topological polar surface area (TPSA) is 106 Å². The van der Waals surface area contributed by atoms with Crippen LogP contribution in [-0.4, -0.2) is 18.5 Å². The van der Waals surface area contributed by atoms with Crippen LogP contribution in [0.15, 0.2) is 30.7 Å². The summed E-state index contributed by atoms with van der Waals surface area (Å²) in [5.74, 6) is 1.02. The van der Waals surface area contributed by atoms with Crippen molar-refractivity contribution in [3.8, 4) is 0 Å². The zero-order valence-corrected chi connectivity index (χ0v) is 12.3. The average Bonchev–Trinajstić information content (AvgIpc) is 2.93. The fourth-order valence-electron chi connectivity index (χ4n) is 1.38. The second-order valence-electron chi connectivity index (χ2n) is 3.70. The smallest absolute Gasteiger partial charge is 0.245 e. The van der Waals surface area contributed by atoms with Gasteiger partial charge in [-0.15, -0.1) is 0 Å². The molecule has 2 aromatic rings. The molecule has 19 heavy (non-hydrogen) atoms. The van der Waals surface area contributed by atoms with Crippen LogP contribution in [-0.2, 0) is 23.2 Å². The molecule has 2 N–H and O–H groups in total. The Kier molecular flexibility index (Phi) is 4.09. The van der Waals surface area contributed by atoms with Crippen LogP contribution in [0.5, 0.6) is 0 Å². The minimum atomic E-state index is -3.77. The molecule has 0 bridgehead atoms. The molecule has 104 valence electrons. The molecule has 0 aliphatic heterocycles. The Morgan fingerprint density at radius 2 is 2.21 bits per heavy atom. The van der Waals surface area contributed by atoms with Gasteiger partial charge >= 0.3 is 0 Å². The zero-order valence-electron chi connectivity index (χ0n) is 9.88. The van der Waals surface area contributed by atoms with Crippen molar-refractivity contribution < 1.29 is 22.4 Å². The number of oxazole rings is 1. The lowest BCUT2D eigenvalue weighted by Crippen LogP contribution is -2.23. The molecule has 0 radical (unpaired) electrons. The van der Waals surface area contributed by atoms with Crippen LogP contribution in [0.3, 0.4) is 0 Å². The summed E-state index contributed by atoms with van der Waals surface area (Å²) in [6, 6.07) is 1.24. The lowest BCUT2D eigenvalue weighted by Gasteiger charge is -2.02. The maximum Gasteiger partial charge on any atom is 0.245 e. The van der Waals surface area contributed by atoms with Crippen LogP contribution in [0, 0.1) is 6.92 Å². The van der Waals surface area contributed by atoms with Crippen molar-refractivity contribution >= 4 is 26.0 Å². The van der Waals surface area contributed by atoms with E-state index in [1.165, 1.54) is 12.3 Å². The largest absolute Gasteiger partial charge is 0.450 e. The number of aliphatic hydroxyl groups excluding tert-OH is 1. The van der Waals surface area contributed by atoms with Crippen molar-refractivity contribution in [1.29, 1.82) is 0 Å². The molecule has 2 rings (SSSR count). The fraction of sp³-hybridized carbons (Fsp3) is 0.300. The highest BCUT2D eigenvalue weighted by atomic mass is 79.9. The molecule has 0 saturated heterocycles. The second kappa shape index (κ2) is 5.45. The van der Waals surface area contributed by atoms with E-state index in [4.69, 9.17) is 13.9 Å². The van der Waals surface area contributed by atoms with Gasteiger partial charge in [0.2, 0.25) is 15.9 Å². The van der Waals surface area contributed by atoms with Crippen molar-refractivity contribution in [2.45, 2.75) is 25.0 Å². The molecule has 0 saturated carbocycles. The Morgan fingerprint density at radius 1 is 1.47 bits per heavy atom. The first-order chi connectivity index (χ1) is 8.92. The number of nitrogens with one attached hydrogen (secondary N) is 1. The van der Waals surface area contributed by atoms with Crippen LogP contribution in [0.1, 0.15) is 17.4 Å². The molecule has 7 nitrogen and oxygen atoms in total. The minimum absolute atomic E-state index is 0.0348. The predicted molar refractivity (Wildman–Crippen MR) is 67.6 cm³/mol. The molecular formula is C10H11BrN2O5S. The standard InChI is InChI=1S/C10H11BrN2O5S/c1-6-3-12-9(17-6)4-13-19(15,16)8-2-7(5-14)18-10(8)11/h2-3,13-14H,4-5H2,1H3. The van der Waals surface area contributed by atoms with Gasteiger partial charge in [-0.25, -0.2) is 18.1 Å². The predicted octanol–water partition coefficient (Wildman–Crippen LogP) is 1.31. The number of hydrogen-bond donors (Lipinski definition) is 2. The van der Waals surface area contributed by atoms with E-state index < -0.39 is 10.0 Å². The molecule has 0 aromatic carbocycles. The highest BCUT2D eigenvalue weighted by molar-refractivity contribution is 9.10. The number of furan rings is 1. The zero-order chi connectivity index (χ0) is 14.0. The highest BCUT2D eigenvalue weighted by Crippen LogP contribution is 2.26. The molecule has 0 fully saturated rings. The van der Waals surface area contributed by atoms with Crippen molar-refractivity contribution in [2.24, 2.45) is 0 Å². The molecule has 9 heteroatoms. The van der Waals surface area contributed by atoms with Gasteiger partial charge in [0.05, 0.1) is 12.7 Å². The van der Waals surface area contributed by atoms with Crippen LogP contribution in [0.25, 0.3) is 0 Å². The summed E-state index contributed by atoms with van der Waals surface area (Å²) in [5.41, 5.74) is 0. The summed E-state index contributed by atoms with van der Waals surface area (Å²) < 4.78 is 36.6. The third-order valence-corrected chi connectivity index (χ3v) is 4.49. The van der Waals surface area contributed by atoms with Gasteiger partial charge in [0.1, 0.15) is 23.0 Å². The molecular weight excluding hydrogens is 340 g/mol. The Labute approximate surface area is 117 Å². The lowest BCUT2D eigenvalue weighted by atomic mass is 10.5. The van der Waals surface area contributed by atoms with E-state index in [9.17, 15) is 8.42 Å². The summed E-state index contributed by atoms with van der Waals surface area (Å²) in [6.45, 7) is 1.26. The van der Waals surface area contributed by atoms with Gasteiger partial charge in [0.15, 0.2) is 4.67 Å². The van der Waals surface area contributed by atoms with Gasteiger partial charge in [-0.2, -0.15) is 0 Å². The SMILES string of the molecule is Cc1cnc(CNS(=O)(=O)c2cc(CO)oc2Br)o1. The molecule has 2 heterocycles. The maximum atomic E-state index is 12.0. The third-order valence-electron chi connectivity index (χ3n) is 2.23. The van der Waals surface area contributed by atoms with E-state index in [2.05, 4.69) is 25.6 Å². The van der Waals surface area contributed by atoms with Gasteiger partial charge in [0.25, 0.3) is 0 Å². The number of hydrogen-bond acceptors (Lipinski definition) is 6. The highest BCUT2D eigenvalue weighted by Gasteiger charge is 2.22. The minimum Gasteiger partial charge on any atom is -0.450 e. The summed E-state index contributed by atoms with van der Waals surface area (Å²) in [6.07, 6.45) is 1.50. The van der Waals surface area contributed by atoms with E-state index in [0.717, 1.165) is 0 Å². The number of halogens is 1. The van der Waals surface area contributed by atoms with E-state index in [1.54, 1.807) is 6.92 Å². The summed E-state index contributed by atoms with van der Waals surface area (Å²) in [7, 11) is -3.77. The van der Waals surface area contributed by atoms with Crippen LogP contribution >= 0.6 is 15.9 Å². The van der Waals surface area contributed by atoms with Gasteiger partial charge < -0.3 is 13.9 Å². The van der Waals surface area contributed by atoms with Crippen LogP contribution in [0.2, 0.25) is 0 Å². The van der Waals surface area contributed by atoms with Crippen LogP contribution < -0.4 is 4.72 Å². The molecule has 0 spiro atoms. The van der Waals surface area contributed by atoms with Crippen LogP contribution in [0.4, 0.5) is 0 Å². The molecule has 0 aliphatic carbocycles. The van der Waals surface area contributed by atoms with Crippen molar-refractivity contribution in [3.63, 3.8) is 0 Å². The van der Waals surface area contributed by atoms with Gasteiger partial charge in [-0.05, 0) is 22.9 Å². The quantitative estimate of drug-likeness (QED) is 0.841. The third kappa shape index (κ3) is 3.24. The molecule has 0 amide bonds. The Balaban J connectivity index is 2.15. The second-order valence-corrected chi connectivity index (χ2v) is 6.15. The fourth-order valence-corrected chi connectivity index (χ4v) is 3.35. The maximum absolute atomic E-state index is 12.0. The van der Waals surface area contributed by atoms with Crippen molar-refractivity contribution in [3.05, 3.63) is 34.3 Å². The van der Waals surface area contributed by atoms with Crippen molar-refractivity contribution in [2.75, 3.05) is 0 Å². The summed E-state index contributed by atoms with van der Waals surface area (Å²) in [4.78, 5) is 3.80. The summed E-state index contributed by atoms with van der Waals surface area (Å²) in [5, 5.41) is 8.90. The first-order valence-electron chi connectivity index (χ1n) is 5.22. The Hall–Kier alpha value is -1.16. The Bertz CT molecular complexity index is 676. The monoisotopic (exact) mass is 350 g/mol. The Morgan fingerprint density at radius 3 is 2.74 bits per heavy atom. The summed E-state index contributed by atoms with van der Waals surface area (Å²) >= 11 is 2.99. The van der Waals surface area contributed by atoms with Gasteiger partial charge in [-0.3, -0.25) is 0 Å². The lowest BCUT2D eigenvalue weighted by molar-refractivity contribution is 0.245. The number of aryl methyl sites for hydroxylation is 1. The average molecular weight is 351 g/mol. The van der Waals surface area contributed by atoms with Gasteiger partial charge in [0, 0.05) is 6.07 Å². The first-order valence-corrected chi connectivity index (χ1v) is 7.50. The van der Waals surface area contributed by atoms with Gasteiger partial charge in [-0.1, -0.05) is 0 Å². The number of aromatic nitrogens is 1. The molecule has 0 atom stereocenters. The number of aliphatic hydroxyl groups is 1. The van der Waals surface area contributed by atoms with E-state index >= 15 is 0 Å². The van der Waals surface area contributed by atoms with E-state index in [0.29, 0.717) is 5.76 Å². The molecule has 0 aliphatic rings. The molecule has 2 aromatic heterocycles. The number of rotatable bonds is 5. The van der Waals surface area contributed by atoms with Crippen molar-refractivity contribution in [1.82, 2.24) is 9.71 Å². The number of sulfonamides is 1. The number of nitrogens with zero attached hydrogens (tertiary/aromatic N) is 1. The van der Waals surface area contributed by atoms with E-state index in [1.807, 2.05) is 0 Å².